The second-order valence-electron chi connectivity index (χ2n) is 5.79. The molecule has 0 N–H and O–H groups in total. The molecule has 0 spiro atoms. The molecule has 2 heterocycles. The number of hydrogen-bond acceptors (Lipinski definition) is 8. The third-order valence-corrected chi connectivity index (χ3v) is 4.82. The largest absolute Gasteiger partial charge is 0.456 e. The molecule has 0 saturated carbocycles. The second-order valence-corrected chi connectivity index (χ2v) is 6.85. The van der Waals surface area contributed by atoms with Gasteiger partial charge in [0.1, 0.15) is 0 Å². The van der Waals surface area contributed by atoms with E-state index in [0.29, 0.717) is 0 Å². The number of esters is 3. The van der Waals surface area contributed by atoms with Gasteiger partial charge >= 0.3 is 24.1 Å². The Morgan fingerprint density at radius 3 is 2.08 bits per heavy atom. The number of ether oxygens (including phenoxy) is 4. The first-order chi connectivity index (χ1) is 11.7. The predicted octanol–water partition coefficient (Wildman–Crippen LogP) is 0.976. The third-order valence-electron chi connectivity index (χ3n) is 3.84. The highest BCUT2D eigenvalue weighted by Gasteiger charge is 2.52. The summed E-state index contributed by atoms with van der Waals surface area (Å²) in [7, 11) is 0. The molecule has 1 aliphatic heterocycles. The number of aromatic nitrogens is 1. The number of rotatable bonds is 4. The number of aryl methyl sites for hydroxylation is 1. The summed E-state index contributed by atoms with van der Waals surface area (Å²) >= 11 is 1.52. The summed E-state index contributed by atoms with van der Waals surface area (Å²) in [4.78, 5) is 35.6. The van der Waals surface area contributed by atoms with Crippen molar-refractivity contribution in [2.24, 2.45) is 0 Å². The molecule has 8 nitrogen and oxygen atoms in total. The summed E-state index contributed by atoms with van der Waals surface area (Å²) < 4.78 is 23.6. The average Bonchev–Trinajstić information content (AvgIpc) is 2.81. The van der Waals surface area contributed by atoms with E-state index in [4.69, 9.17) is 18.9 Å². The zero-order chi connectivity index (χ0) is 18.7. The molecule has 1 saturated heterocycles. The molecular weight excluding hydrogens is 350 g/mol. The smallest absolute Gasteiger partial charge is 0.305 e. The lowest BCUT2D eigenvalue weighted by atomic mass is 10.0. The molecule has 25 heavy (non-hydrogen) atoms. The van der Waals surface area contributed by atoms with Gasteiger partial charge in [-0.1, -0.05) is 11.3 Å². The fourth-order valence-electron chi connectivity index (χ4n) is 2.69. The Bertz CT molecular complexity index is 671. The van der Waals surface area contributed by atoms with Gasteiger partial charge in [-0.05, 0) is 6.92 Å². The van der Waals surface area contributed by atoms with Gasteiger partial charge < -0.3 is 18.9 Å². The van der Waals surface area contributed by atoms with Crippen LogP contribution in [0.2, 0.25) is 0 Å². The van der Waals surface area contributed by atoms with Crippen LogP contribution in [0.5, 0.6) is 0 Å². The molecule has 1 aliphatic rings. The molecule has 0 aromatic carbocycles. The highest BCUT2D eigenvalue weighted by molar-refractivity contribution is 7.09. The molecule has 0 radical (unpaired) electrons. The molecule has 0 unspecified atom stereocenters. The van der Waals surface area contributed by atoms with Crippen LogP contribution in [0.3, 0.4) is 0 Å². The van der Waals surface area contributed by atoms with Crippen molar-refractivity contribution in [3.63, 3.8) is 0 Å². The maximum atomic E-state index is 11.6. The van der Waals surface area contributed by atoms with Gasteiger partial charge in [-0.3, -0.25) is 14.4 Å². The van der Waals surface area contributed by atoms with Crippen molar-refractivity contribution in [1.82, 2.24) is 0 Å². The summed E-state index contributed by atoms with van der Waals surface area (Å²) in [5, 5.41) is 0. The molecule has 1 aromatic rings. The number of thiazole rings is 1. The fourth-order valence-corrected chi connectivity index (χ4v) is 3.52. The van der Waals surface area contributed by atoms with Crippen LogP contribution in [-0.4, -0.2) is 42.8 Å². The van der Waals surface area contributed by atoms with E-state index in [0.717, 1.165) is 10.6 Å². The topological polar surface area (TPSA) is 92.0 Å². The van der Waals surface area contributed by atoms with Gasteiger partial charge in [0.25, 0.3) is 0 Å². The summed E-state index contributed by atoms with van der Waals surface area (Å²) in [5.74, 6) is -1.66. The van der Waals surface area contributed by atoms with Crippen LogP contribution in [0, 0.1) is 13.8 Å². The van der Waals surface area contributed by atoms with Crippen LogP contribution in [0.25, 0.3) is 0 Å². The van der Waals surface area contributed by atoms with E-state index in [1.54, 1.807) is 0 Å². The molecule has 1 aromatic heterocycles. The third kappa shape index (κ3) is 4.55. The van der Waals surface area contributed by atoms with E-state index >= 15 is 0 Å². The highest BCUT2D eigenvalue weighted by Crippen LogP contribution is 2.29. The van der Waals surface area contributed by atoms with Crippen molar-refractivity contribution in [3.05, 3.63) is 16.1 Å². The van der Waals surface area contributed by atoms with E-state index < -0.39 is 42.4 Å². The van der Waals surface area contributed by atoms with Crippen molar-refractivity contribution < 1.29 is 37.9 Å². The quantitative estimate of drug-likeness (QED) is 0.442. The molecule has 0 bridgehead atoms. The van der Waals surface area contributed by atoms with Crippen LogP contribution in [0.1, 0.15) is 37.6 Å². The Balaban J connectivity index is 2.40. The van der Waals surface area contributed by atoms with Gasteiger partial charge in [0.15, 0.2) is 17.9 Å². The zero-order valence-electron chi connectivity index (χ0n) is 14.8. The van der Waals surface area contributed by atoms with Crippen molar-refractivity contribution in [2.75, 3.05) is 6.61 Å². The van der Waals surface area contributed by atoms with Crippen molar-refractivity contribution in [1.29, 1.82) is 0 Å². The SMILES string of the molecule is CC(=O)O[C@@H]1[C@@H](OC(C)=O)[C@@H]([n+]2csc(C)c2C)OC[C@H]1OC(C)=O. The first kappa shape index (κ1) is 19.3. The highest BCUT2D eigenvalue weighted by atomic mass is 32.1. The van der Waals surface area contributed by atoms with Crippen LogP contribution >= 0.6 is 11.3 Å². The normalized spacial score (nSPS) is 26.0. The van der Waals surface area contributed by atoms with Crippen LogP contribution in [-0.2, 0) is 33.3 Å². The lowest BCUT2D eigenvalue weighted by Crippen LogP contribution is -2.62. The minimum Gasteiger partial charge on any atom is -0.456 e. The Labute approximate surface area is 149 Å². The summed E-state index contributed by atoms with van der Waals surface area (Å²) in [6.07, 6.45) is -3.46. The Morgan fingerprint density at radius 1 is 1.04 bits per heavy atom. The second kappa shape index (κ2) is 7.92. The molecule has 4 atom stereocenters. The monoisotopic (exact) mass is 372 g/mol. The van der Waals surface area contributed by atoms with Gasteiger partial charge in [-0.25, -0.2) is 0 Å². The molecule has 0 aliphatic carbocycles. The number of hydrogen-bond donors (Lipinski definition) is 0. The van der Waals surface area contributed by atoms with E-state index in [2.05, 4.69) is 0 Å². The van der Waals surface area contributed by atoms with E-state index in [-0.39, 0.29) is 6.61 Å². The van der Waals surface area contributed by atoms with Gasteiger partial charge in [-0.15, -0.1) is 0 Å². The average molecular weight is 372 g/mol. The summed E-state index contributed by atoms with van der Waals surface area (Å²) in [6, 6.07) is 0. The lowest BCUT2D eigenvalue weighted by molar-refractivity contribution is -0.775. The van der Waals surface area contributed by atoms with Gasteiger partial charge in [0.2, 0.25) is 11.6 Å². The Kier molecular flexibility index (Phi) is 6.12. The van der Waals surface area contributed by atoms with Gasteiger partial charge in [-0.2, -0.15) is 4.57 Å². The maximum absolute atomic E-state index is 11.6. The molecule has 9 heteroatoms. The summed E-state index contributed by atoms with van der Waals surface area (Å²) in [6.45, 7) is 7.64. The van der Waals surface area contributed by atoms with Crippen molar-refractivity contribution in [2.45, 2.75) is 59.2 Å². The van der Waals surface area contributed by atoms with Gasteiger partial charge in [0.05, 0.1) is 11.5 Å². The molecule has 138 valence electrons. The molecule has 1 fully saturated rings. The van der Waals surface area contributed by atoms with E-state index in [1.807, 2.05) is 23.9 Å². The van der Waals surface area contributed by atoms with Crippen LogP contribution < -0.4 is 4.57 Å². The first-order valence-electron chi connectivity index (χ1n) is 7.79. The minimum absolute atomic E-state index is 0.0152. The van der Waals surface area contributed by atoms with Crippen molar-refractivity contribution in [3.8, 4) is 0 Å². The number of carbonyl (C=O) groups is 3. The lowest BCUT2D eigenvalue weighted by Gasteiger charge is -2.37. The standard InChI is InChI=1S/C16H22NO7S/c1-8-9(2)25-7-17(8)16-15(24-12(5)20)14(23-11(4)19)13(6-21-16)22-10(3)18/h7,13-16H,6H2,1-5H3/q+1/t13-,14+,15-,16+/m1/s1. The molecule has 0 amide bonds. The number of nitrogens with zero attached hydrogens (tertiary/aromatic N) is 1. The zero-order valence-corrected chi connectivity index (χ0v) is 15.6. The molecule has 2 rings (SSSR count). The number of carbonyl (C=O) groups excluding carboxylic acids is 3. The van der Waals surface area contributed by atoms with Gasteiger partial charge in [0, 0.05) is 27.7 Å². The fraction of sp³-hybridized carbons (Fsp3) is 0.625. The van der Waals surface area contributed by atoms with E-state index in [1.165, 1.54) is 32.1 Å². The van der Waals surface area contributed by atoms with E-state index in [9.17, 15) is 14.4 Å². The first-order valence-corrected chi connectivity index (χ1v) is 8.67. The van der Waals surface area contributed by atoms with Crippen molar-refractivity contribution >= 4 is 29.2 Å². The Hall–Kier alpha value is -2.00. The minimum atomic E-state index is -0.962. The Morgan fingerprint density at radius 2 is 1.60 bits per heavy atom. The maximum Gasteiger partial charge on any atom is 0.305 e. The summed E-state index contributed by atoms with van der Waals surface area (Å²) in [5.41, 5.74) is 2.79. The van der Waals surface area contributed by atoms with Crippen LogP contribution in [0.15, 0.2) is 5.51 Å². The predicted molar refractivity (Wildman–Crippen MR) is 85.6 cm³/mol. The van der Waals surface area contributed by atoms with Crippen LogP contribution in [0.4, 0.5) is 0 Å². The molecular formula is C16H22NO7S+.